The summed E-state index contributed by atoms with van der Waals surface area (Å²) < 4.78 is 41.0. The number of rotatable bonds is 5. The molecule has 0 spiro atoms. The van der Waals surface area contributed by atoms with Crippen molar-refractivity contribution in [3.05, 3.63) is 73.7 Å². The summed E-state index contributed by atoms with van der Waals surface area (Å²) in [5.41, 5.74) is -1.59. The third-order valence-corrected chi connectivity index (χ3v) is 4.78. The van der Waals surface area contributed by atoms with E-state index in [1.807, 2.05) is 6.07 Å². The predicted molar refractivity (Wildman–Crippen MR) is 107 cm³/mol. The van der Waals surface area contributed by atoms with Gasteiger partial charge in [-0.15, -0.1) is 0 Å². The Bertz CT molecular complexity index is 1280. The minimum absolute atomic E-state index is 0.0321. The molecule has 160 valence electrons. The molecule has 0 radical (unpaired) electrons. The standard InChI is InChI=1S/C20H16F3N5O3/c1-3-27-17(29)5-4-16-18(27)13(9-24)10-25-19(16)26-11(2)12-6-14(20(21,22)23)8-15(7-12)28(30)31/h4-8,10-11H,3H2,1-2H3,(H,25,26)/t11-/m1/s1. The lowest BCUT2D eigenvalue weighted by Crippen LogP contribution is -2.20. The van der Waals surface area contributed by atoms with Gasteiger partial charge in [0.15, 0.2) is 0 Å². The highest BCUT2D eigenvalue weighted by molar-refractivity contribution is 5.93. The molecular formula is C20H16F3N5O3. The van der Waals surface area contributed by atoms with Crippen LogP contribution in [0.3, 0.4) is 0 Å². The molecule has 0 amide bonds. The number of non-ortho nitro benzene ring substituents is 1. The summed E-state index contributed by atoms with van der Waals surface area (Å²) in [5, 5.41) is 23.9. The maximum atomic E-state index is 13.2. The molecule has 11 heteroatoms. The number of aromatic nitrogens is 2. The van der Waals surface area contributed by atoms with Crippen LogP contribution in [0, 0.1) is 21.4 Å². The van der Waals surface area contributed by atoms with Crippen LogP contribution in [0.2, 0.25) is 0 Å². The van der Waals surface area contributed by atoms with Gasteiger partial charge in [0, 0.05) is 36.3 Å². The Kier molecular flexibility index (Phi) is 5.66. The molecule has 1 N–H and O–H groups in total. The Balaban J connectivity index is 2.12. The van der Waals surface area contributed by atoms with Crippen LogP contribution in [0.4, 0.5) is 24.7 Å². The molecule has 31 heavy (non-hydrogen) atoms. The van der Waals surface area contributed by atoms with Crippen molar-refractivity contribution in [1.82, 2.24) is 9.55 Å². The molecule has 0 saturated heterocycles. The van der Waals surface area contributed by atoms with Gasteiger partial charge in [-0.1, -0.05) is 0 Å². The van der Waals surface area contributed by atoms with Crippen molar-refractivity contribution in [3.63, 3.8) is 0 Å². The first-order chi connectivity index (χ1) is 14.6. The minimum atomic E-state index is -4.75. The fourth-order valence-electron chi connectivity index (χ4n) is 3.27. The van der Waals surface area contributed by atoms with Gasteiger partial charge in [0.25, 0.3) is 11.2 Å². The van der Waals surface area contributed by atoms with Gasteiger partial charge in [-0.25, -0.2) is 4.98 Å². The summed E-state index contributed by atoms with van der Waals surface area (Å²) in [7, 11) is 0. The van der Waals surface area contributed by atoms with Gasteiger partial charge in [-0.2, -0.15) is 18.4 Å². The summed E-state index contributed by atoms with van der Waals surface area (Å²) in [5.74, 6) is 0.226. The van der Waals surface area contributed by atoms with Crippen LogP contribution in [0.5, 0.6) is 0 Å². The van der Waals surface area contributed by atoms with Crippen molar-refractivity contribution in [2.45, 2.75) is 32.6 Å². The van der Waals surface area contributed by atoms with E-state index in [-0.39, 0.29) is 22.5 Å². The summed E-state index contributed by atoms with van der Waals surface area (Å²) in [6.07, 6.45) is -3.49. The number of hydrogen-bond acceptors (Lipinski definition) is 6. The number of nitrogens with one attached hydrogen (secondary N) is 1. The monoisotopic (exact) mass is 431 g/mol. The van der Waals surface area contributed by atoms with Crippen molar-refractivity contribution in [2.75, 3.05) is 5.32 Å². The molecule has 0 bridgehead atoms. The van der Waals surface area contributed by atoms with Gasteiger partial charge < -0.3 is 9.88 Å². The van der Waals surface area contributed by atoms with Crippen molar-refractivity contribution < 1.29 is 18.1 Å². The largest absolute Gasteiger partial charge is 0.416 e. The van der Waals surface area contributed by atoms with E-state index in [4.69, 9.17) is 0 Å². The van der Waals surface area contributed by atoms with E-state index >= 15 is 0 Å². The number of pyridine rings is 2. The Morgan fingerprint density at radius 2 is 2.03 bits per heavy atom. The summed E-state index contributed by atoms with van der Waals surface area (Å²) in [6.45, 7) is 3.56. The molecule has 0 unspecified atom stereocenters. The zero-order chi connectivity index (χ0) is 22.9. The van der Waals surface area contributed by atoms with Crippen molar-refractivity contribution in [1.29, 1.82) is 5.26 Å². The predicted octanol–water partition coefficient (Wildman–Crippen LogP) is 4.39. The molecule has 0 aliphatic heterocycles. The molecule has 8 nitrogen and oxygen atoms in total. The van der Waals surface area contributed by atoms with E-state index in [9.17, 15) is 33.3 Å². The molecular weight excluding hydrogens is 415 g/mol. The lowest BCUT2D eigenvalue weighted by atomic mass is 10.0. The maximum absolute atomic E-state index is 13.2. The SMILES string of the molecule is CCn1c(=O)ccc2c(N[C@H](C)c3cc([N+](=O)[O-])cc(C(F)(F)F)c3)ncc(C#N)c21. The number of alkyl halides is 3. The first kappa shape index (κ1) is 21.8. The number of benzene rings is 1. The van der Waals surface area contributed by atoms with E-state index in [0.29, 0.717) is 23.5 Å². The zero-order valence-corrected chi connectivity index (χ0v) is 16.4. The van der Waals surface area contributed by atoms with Crippen LogP contribution in [-0.2, 0) is 12.7 Å². The molecule has 2 heterocycles. The van der Waals surface area contributed by atoms with E-state index in [1.54, 1.807) is 6.92 Å². The molecule has 1 atom stereocenters. The number of nitro benzene ring substituents is 1. The third-order valence-electron chi connectivity index (χ3n) is 4.78. The van der Waals surface area contributed by atoms with Crippen LogP contribution >= 0.6 is 0 Å². The zero-order valence-electron chi connectivity index (χ0n) is 16.4. The van der Waals surface area contributed by atoms with Gasteiger partial charge >= 0.3 is 6.18 Å². The highest BCUT2D eigenvalue weighted by Crippen LogP contribution is 2.35. The van der Waals surface area contributed by atoms with Crippen molar-refractivity contribution in [3.8, 4) is 6.07 Å². The molecule has 0 aliphatic rings. The number of hydrogen-bond donors (Lipinski definition) is 1. The van der Waals surface area contributed by atoms with Crippen molar-refractivity contribution in [2.24, 2.45) is 0 Å². The minimum Gasteiger partial charge on any atom is -0.363 e. The first-order valence-corrected chi connectivity index (χ1v) is 9.12. The molecule has 0 saturated carbocycles. The van der Waals surface area contributed by atoms with Gasteiger partial charge in [0.2, 0.25) is 0 Å². The highest BCUT2D eigenvalue weighted by Gasteiger charge is 2.33. The quantitative estimate of drug-likeness (QED) is 0.473. The number of nitriles is 1. The number of fused-ring (bicyclic) bond motifs is 1. The first-order valence-electron chi connectivity index (χ1n) is 9.12. The summed E-state index contributed by atoms with van der Waals surface area (Å²) in [6, 6.07) is 6.32. The third kappa shape index (κ3) is 4.18. The van der Waals surface area contributed by atoms with Crippen LogP contribution < -0.4 is 10.9 Å². The van der Waals surface area contributed by atoms with Gasteiger partial charge in [0.05, 0.1) is 27.6 Å². The summed E-state index contributed by atoms with van der Waals surface area (Å²) in [4.78, 5) is 26.5. The number of nitro groups is 1. The maximum Gasteiger partial charge on any atom is 0.416 e. The molecule has 1 aromatic carbocycles. The number of halogens is 3. The molecule has 3 aromatic rings. The van der Waals surface area contributed by atoms with Crippen molar-refractivity contribution >= 4 is 22.4 Å². The van der Waals surface area contributed by atoms with E-state index in [0.717, 1.165) is 12.1 Å². The van der Waals surface area contributed by atoms with Gasteiger partial charge in [0.1, 0.15) is 11.9 Å². The molecule has 0 aliphatic carbocycles. The number of aryl methyl sites for hydroxylation is 1. The highest BCUT2D eigenvalue weighted by atomic mass is 19.4. The smallest absolute Gasteiger partial charge is 0.363 e. The average Bonchev–Trinajstić information content (AvgIpc) is 2.72. The summed E-state index contributed by atoms with van der Waals surface area (Å²) >= 11 is 0. The Hall–Kier alpha value is -3.94. The normalized spacial score (nSPS) is 12.4. The van der Waals surface area contributed by atoms with Crippen LogP contribution in [0.15, 0.2) is 41.3 Å². The molecule has 0 fully saturated rings. The molecule has 2 aromatic heterocycles. The van der Waals surface area contributed by atoms with Crippen LogP contribution in [0.1, 0.15) is 36.6 Å². The lowest BCUT2D eigenvalue weighted by molar-refractivity contribution is -0.385. The van der Waals surface area contributed by atoms with E-state index < -0.39 is 28.4 Å². The Morgan fingerprint density at radius 3 is 2.61 bits per heavy atom. The fraction of sp³-hybridized carbons (Fsp3) is 0.250. The number of anilines is 1. The topological polar surface area (TPSA) is 114 Å². The average molecular weight is 431 g/mol. The van der Waals surface area contributed by atoms with Crippen LogP contribution in [0.25, 0.3) is 10.9 Å². The molecule has 3 rings (SSSR count). The second-order valence-corrected chi connectivity index (χ2v) is 6.74. The fourth-order valence-corrected chi connectivity index (χ4v) is 3.27. The lowest BCUT2D eigenvalue weighted by Gasteiger charge is -2.19. The van der Waals surface area contributed by atoms with E-state index in [2.05, 4.69) is 10.3 Å². The second kappa shape index (κ2) is 8.06. The van der Waals surface area contributed by atoms with E-state index in [1.165, 1.54) is 29.8 Å². The Labute approximate surface area is 173 Å². The van der Waals surface area contributed by atoms with Gasteiger partial charge in [-0.3, -0.25) is 14.9 Å². The second-order valence-electron chi connectivity index (χ2n) is 6.74. The Morgan fingerprint density at radius 1 is 1.32 bits per heavy atom. The van der Waals surface area contributed by atoms with Gasteiger partial charge in [-0.05, 0) is 31.5 Å². The van der Waals surface area contributed by atoms with Crippen LogP contribution in [-0.4, -0.2) is 14.5 Å². The number of nitrogens with zero attached hydrogens (tertiary/aromatic N) is 4.